The molecule has 4 aliphatic rings. The molecule has 1 N–H and O–H groups in total. The predicted octanol–water partition coefficient (Wildman–Crippen LogP) is 4.57. The summed E-state index contributed by atoms with van der Waals surface area (Å²) in [5.41, 5.74) is 7.99. The van der Waals surface area contributed by atoms with Crippen molar-refractivity contribution in [3.8, 4) is 11.5 Å². The topological polar surface area (TPSA) is 40.7 Å². The maximum atomic E-state index is 6.89. The third kappa shape index (κ3) is 2.77. The summed E-state index contributed by atoms with van der Waals surface area (Å²) in [6.07, 6.45) is 3.30. The average Bonchev–Trinajstić information content (AvgIpc) is 3.31. The predicted molar refractivity (Wildman–Crippen MR) is 137 cm³/mol. The number of fused-ring (bicyclic) bond motifs is 2. The van der Waals surface area contributed by atoms with E-state index in [4.69, 9.17) is 21.7 Å². The van der Waals surface area contributed by atoms with Crippen molar-refractivity contribution in [2.24, 2.45) is 5.92 Å². The Morgan fingerprint density at radius 1 is 1.30 bits per heavy atom. The van der Waals surface area contributed by atoms with Crippen LogP contribution in [0.1, 0.15) is 60.0 Å². The highest BCUT2D eigenvalue weighted by atomic mass is 35.5. The summed E-state index contributed by atoms with van der Waals surface area (Å²) in [6, 6.07) is 4.92. The van der Waals surface area contributed by atoms with Crippen molar-refractivity contribution in [1.29, 1.82) is 0 Å². The SMILES string of the molecule is CCN(CC)C(=S)c1[nH]c2c(c1C)CC1C3Cc4ccc(OC)c5c4C1(CCN3C)C2O5.Cl. The van der Waals surface area contributed by atoms with Gasteiger partial charge in [-0.2, -0.15) is 0 Å². The number of likely N-dealkylation sites (tertiary alicyclic amines) is 1. The molecule has 1 spiro atoms. The van der Waals surface area contributed by atoms with Gasteiger partial charge in [-0.3, -0.25) is 0 Å². The standard InChI is InChI=1S/C26H33N3O2S.ClH/c1-6-29(7-2)25(32)21-14(3)16-13-17-18-12-15-8-9-19(30-5)23-20(15)26(17,10-11-28(18)4)24(31-23)22(16)27-21;/h8-9,17-18,24,27H,6-7,10-13H2,1-5H3;1H. The van der Waals surface area contributed by atoms with Gasteiger partial charge in [-0.1, -0.05) is 18.3 Å². The lowest BCUT2D eigenvalue weighted by Crippen LogP contribution is -2.62. The van der Waals surface area contributed by atoms with Gasteiger partial charge in [0.25, 0.3) is 0 Å². The Morgan fingerprint density at radius 2 is 2.06 bits per heavy atom. The van der Waals surface area contributed by atoms with E-state index in [2.05, 4.69) is 54.7 Å². The van der Waals surface area contributed by atoms with E-state index in [0.717, 1.165) is 61.1 Å². The molecule has 1 fully saturated rings. The highest BCUT2D eigenvalue weighted by Crippen LogP contribution is 2.67. The molecule has 6 rings (SSSR count). The number of thiocarbonyl (C=S) groups is 1. The zero-order chi connectivity index (χ0) is 22.4. The molecule has 2 aliphatic heterocycles. The number of hydrogen-bond acceptors (Lipinski definition) is 4. The molecule has 2 aliphatic carbocycles. The van der Waals surface area contributed by atoms with Gasteiger partial charge < -0.3 is 24.3 Å². The summed E-state index contributed by atoms with van der Waals surface area (Å²) in [7, 11) is 4.06. The van der Waals surface area contributed by atoms with Gasteiger partial charge in [0.2, 0.25) is 0 Å². The first-order valence-corrected chi connectivity index (χ1v) is 12.4. The lowest BCUT2D eigenvalue weighted by molar-refractivity contribution is -0.0256. The van der Waals surface area contributed by atoms with Crippen LogP contribution in [0.4, 0.5) is 0 Å². The Balaban J connectivity index is 0.00000228. The minimum Gasteiger partial charge on any atom is -0.493 e. The van der Waals surface area contributed by atoms with Crippen LogP contribution in [0.3, 0.4) is 0 Å². The fourth-order valence-electron chi connectivity index (χ4n) is 7.32. The Morgan fingerprint density at radius 3 is 2.76 bits per heavy atom. The second-order valence-electron chi connectivity index (χ2n) is 9.98. The molecule has 1 aromatic heterocycles. The van der Waals surface area contributed by atoms with Gasteiger partial charge in [-0.25, -0.2) is 0 Å². The van der Waals surface area contributed by atoms with E-state index in [1.165, 1.54) is 27.9 Å². The number of nitrogens with one attached hydrogen (secondary N) is 1. The first-order chi connectivity index (χ1) is 15.5. The molecular formula is C26H34ClN3O2S. The van der Waals surface area contributed by atoms with Crippen LogP contribution in [0.5, 0.6) is 11.5 Å². The molecule has 178 valence electrons. The highest BCUT2D eigenvalue weighted by molar-refractivity contribution is 7.80. The number of likely N-dealkylation sites (N-methyl/N-ethyl adjacent to an activating group) is 1. The molecule has 5 nitrogen and oxygen atoms in total. The van der Waals surface area contributed by atoms with E-state index in [9.17, 15) is 0 Å². The molecule has 7 heteroatoms. The maximum absolute atomic E-state index is 6.89. The highest BCUT2D eigenvalue weighted by Gasteiger charge is 2.65. The fourth-order valence-corrected chi connectivity index (χ4v) is 7.78. The maximum Gasteiger partial charge on any atom is 0.166 e. The number of piperidine rings is 1. The van der Waals surface area contributed by atoms with E-state index >= 15 is 0 Å². The number of benzene rings is 1. The number of nitrogens with zero attached hydrogens (tertiary/aromatic N) is 2. The van der Waals surface area contributed by atoms with Crippen molar-refractivity contribution in [3.05, 3.63) is 45.8 Å². The van der Waals surface area contributed by atoms with Crippen molar-refractivity contribution >= 4 is 29.6 Å². The number of methoxy groups -OCH3 is 1. The normalized spacial score (nSPS) is 28.3. The fraction of sp³-hybridized carbons (Fsp3) is 0.577. The molecule has 33 heavy (non-hydrogen) atoms. The number of aromatic nitrogens is 1. The van der Waals surface area contributed by atoms with E-state index in [1.54, 1.807) is 7.11 Å². The smallest absolute Gasteiger partial charge is 0.166 e. The molecule has 3 heterocycles. The number of ether oxygens (including phenoxy) is 2. The van der Waals surface area contributed by atoms with Gasteiger partial charge >= 0.3 is 0 Å². The summed E-state index contributed by atoms with van der Waals surface area (Å²) < 4.78 is 12.7. The second-order valence-corrected chi connectivity index (χ2v) is 10.4. The van der Waals surface area contributed by atoms with E-state index < -0.39 is 0 Å². The average molecular weight is 488 g/mol. The summed E-state index contributed by atoms with van der Waals surface area (Å²) in [5, 5.41) is 0. The monoisotopic (exact) mass is 487 g/mol. The molecule has 4 unspecified atom stereocenters. The third-order valence-electron chi connectivity index (χ3n) is 8.96. The quantitative estimate of drug-likeness (QED) is 0.639. The largest absolute Gasteiger partial charge is 0.493 e. The van der Waals surface area contributed by atoms with Crippen LogP contribution in [0.25, 0.3) is 0 Å². The molecular weight excluding hydrogens is 454 g/mol. The molecule has 2 bridgehead atoms. The molecule has 0 amide bonds. The Bertz CT molecular complexity index is 1130. The van der Waals surface area contributed by atoms with Crippen LogP contribution in [0.2, 0.25) is 0 Å². The summed E-state index contributed by atoms with van der Waals surface area (Å²) in [4.78, 5) is 9.59. The van der Waals surface area contributed by atoms with E-state index in [0.29, 0.717) is 12.0 Å². The Labute approximate surface area is 208 Å². The first kappa shape index (κ1) is 23.0. The zero-order valence-electron chi connectivity index (χ0n) is 20.2. The number of hydrogen-bond donors (Lipinski definition) is 1. The third-order valence-corrected chi connectivity index (χ3v) is 9.42. The van der Waals surface area contributed by atoms with Crippen LogP contribution in [0.15, 0.2) is 12.1 Å². The van der Waals surface area contributed by atoms with Gasteiger partial charge in [0.15, 0.2) is 11.5 Å². The van der Waals surface area contributed by atoms with Crippen molar-refractivity contribution in [3.63, 3.8) is 0 Å². The number of H-pyrrole nitrogens is 1. The van der Waals surface area contributed by atoms with E-state index in [1.807, 2.05) is 0 Å². The van der Waals surface area contributed by atoms with Crippen molar-refractivity contribution < 1.29 is 9.47 Å². The second kappa shape index (κ2) is 7.89. The Kier molecular flexibility index (Phi) is 5.50. The minimum absolute atomic E-state index is 0. The molecule has 2 aromatic rings. The van der Waals surface area contributed by atoms with Crippen LogP contribution < -0.4 is 9.47 Å². The Hall–Kier alpha value is -1.76. The van der Waals surface area contributed by atoms with Crippen LogP contribution in [-0.2, 0) is 18.3 Å². The van der Waals surface area contributed by atoms with Crippen molar-refractivity contribution in [2.75, 3.05) is 33.8 Å². The lowest BCUT2D eigenvalue weighted by atomic mass is 9.51. The van der Waals surface area contributed by atoms with Gasteiger partial charge in [0.05, 0.1) is 18.5 Å². The van der Waals surface area contributed by atoms with Crippen LogP contribution >= 0.6 is 24.6 Å². The van der Waals surface area contributed by atoms with Gasteiger partial charge in [0, 0.05) is 30.1 Å². The van der Waals surface area contributed by atoms with Crippen LogP contribution in [-0.4, -0.2) is 59.6 Å². The zero-order valence-corrected chi connectivity index (χ0v) is 21.8. The first-order valence-electron chi connectivity index (χ1n) is 12.0. The number of halogens is 1. The molecule has 0 radical (unpaired) electrons. The van der Waals surface area contributed by atoms with Crippen molar-refractivity contribution in [1.82, 2.24) is 14.8 Å². The molecule has 1 aromatic carbocycles. The molecule has 4 atom stereocenters. The number of aromatic amines is 1. The van der Waals surface area contributed by atoms with Crippen LogP contribution in [0, 0.1) is 12.8 Å². The van der Waals surface area contributed by atoms with Gasteiger partial charge in [-0.05, 0) is 82.3 Å². The lowest BCUT2D eigenvalue weighted by Gasteiger charge is -2.57. The van der Waals surface area contributed by atoms with Gasteiger partial charge in [-0.15, -0.1) is 12.4 Å². The summed E-state index contributed by atoms with van der Waals surface area (Å²) in [5.74, 6) is 2.40. The molecule has 1 saturated heterocycles. The summed E-state index contributed by atoms with van der Waals surface area (Å²) in [6.45, 7) is 9.54. The van der Waals surface area contributed by atoms with Gasteiger partial charge in [0.1, 0.15) is 11.1 Å². The summed E-state index contributed by atoms with van der Waals surface area (Å²) >= 11 is 5.95. The van der Waals surface area contributed by atoms with E-state index in [-0.39, 0.29) is 23.9 Å². The number of rotatable bonds is 4. The van der Waals surface area contributed by atoms with Crippen molar-refractivity contribution in [2.45, 2.75) is 57.6 Å². The molecule has 0 saturated carbocycles. The minimum atomic E-state index is 0.